The largest absolute Gasteiger partial charge is 0.396 e. The summed E-state index contributed by atoms with van der Waals surface area (Å²) in [6.45, 7) is 0.107. The van der Waals surface area contributed by atoms with Crippen molar-refractivity contribution in [2.24, 2.45) is 0 Å². The van der Waals surface area contributed by atoms with Crippen LogP contribution >= 0.6 is 0 Å². The Morgan fingerprint density at radius 2 is 2.05 bits per heavy atom. The fraction of sp³-hybridized carbons (Fsp3) is 0.400. The lowest BCUT2D eigenvalue weighted by Crippen LogP contribution is -2.33. The Morgan fingerprint density at radius 3 is 2.63 bits per heavy atom. The van der Waals surface area contributed by atoms with Crippen molar-refractivity contribution >= 4 is 11.6 Å². The number of hydrogen-bond acceptors (Lipinski definition) is 3. The number of aliphatic hydroxyl groups excluding tert-OH is 1. The standard InChI is InChI=1S/C15H20N2O2/c1-16(2)13-7-5-12(6-8-13)15(19)17-10-3-4-14(17)9-11-18/h3,5-8,10,14,18H,4,9,11H2,1-2H3. The van der Waals surface area contributed by atoms with E-state index in [0.717, 1.165) is 12.1 Å². The molecule has 1 aliphatic rings. The molecule has 1 aromatic rings. The highest BCUT2D eigenvalue weighted by molar-refractivity contribution is 5.95. The predicted octanol–water partition coefficient (Wildman–Crippen LogP) is 1.86. The summed E-state index contributed by atoms with van der Waals surface area (Å²) in [5.41, 5.74) is 1.75. The minimum atomic E-state index is -0.00231. The first kappa shape index (κ1) is 13.6. The van der Waals surface area contributed by atoms with Crippen LogP contribution in [-0.2, 0) is 0 Å². The van der Waals surface area contributed by atoms with Crippen LogP contribution in [0.15, 0.2) is 36.5 Å². The normalized spacial score (nSPS) is 17.8. The van der Waals surface area contributed by atoms with Gasteiger partial charge in [0.15, 0.2) is 0 Å². The first-order valence-electron chi connectivity index (χ1n) is 6.51. The number of benzene rings is 1. The zero-order valence-corrected chi connectivity index (χ0v) is 11.4. The van der Waals surface area contributed by atoms with E-state index in [1.54, 1.807) is 4.90 Å². The van der Waals surface area contributed by atoms with Crippen LogP contribution in [0.25, 0.3) is 0 Å². The van der Waals surface area contributed by atoms with Gasteiger partial charge in [-0.1, -0.05) is 6.08 Å². The van der Waals surface area contributed by atoms with E-state index in [0.29, 0.717) is 12.0 Å². The van der Waals surface area contributed by atoms with Gasteiger partial charge in [0.1, 0.15) is 0 Å². The number of aliphatic hydroxyl groups is 1. The monoisotopic (exact) mass is 260 g/mol. The zero-order valence-electron chi connectivity index (χ0n) is 11.4. The van der Waals surface area contributed by atoms with Crippen LogP contribution in [0, 0.1) is 0 Å². The predicted molar refractivity (Wildman–Crippen MR) is 76.2 cm³/mol. The summed E-state index contributed by atoms with van der Waals surface area (Å²) >= 11 is 0. The van der Waals surface area contributed by atoms with Gasteiger partial charge in [0.2, 0.25) is 0 Å². The molecule has 1 atom stereocenters. The van der Waals surface area contributed by atoms with Crippen molar-refractivity contribution in [2.75, 3.05) is 25.6 Å². The van der Waals surface area contributed by atoms with Gasteiger partial charge in [0, 0.05) is 44.2 Å². The summed E-state index contributed by atoms with van der Waals surface area (Å²) in [5.74, 6) is -0.00231. The van der Waals surface area contributed by atoms with Crippen molar-refractivity contribution in [1.82, 2.24) is 4.90 Å². The summed E-state index contributed by atoms with van der Waals surface area (Å²) in [4.78, 5) is 16.1. The van der Waals surface area contributed by atoms with Crippen molar-refractivity contribution in [3.8, 4) is 0 Å². The molecular weight excluding hydrogens is 240 g/mol. The van der Waals surface area contributed by atoms with Gasteiger partial charge in [-0.25, -0.2) is 0 Å². The fourth-order valence-electron chi connectivity index (χ4n) is 2.26. The smallest absolute Gasteiger partial charge is 0.258 e. The van der Waals surface area contributed by atoms with Gasteiger partial charge >= 0.3 is 0 Å². The van der Waals surface area contributed by atoms with E-state index in [9.17, 15) is 4.79 Å². The molecule has 0 radical (unpaired) electrons. The highest BCUT2D eigenvalue weighted by Gasteiger charge is 2.25. The third-order valence-corrected chi connectivity index (χ3v) is 3.40. The maximum Gasteiger partial charge on any atom is 0.258 e. The topological polar surface area (TPSA) is 43.8 Å². The van der Waals surface area contributed by atoms with Gasteiger partial charge < -0.3 is 14.9 Å². The second-order valence-corrected chi connectivity index (χ2v) is 4.94. The average molecular weight is 260 g/mol. The molecule has 0 saturated carbocycles. The molecule has 1 aliphatic heterocycles. The molecule has 1 unspecified atom stereocenters. The minimum absolute atomic E-state index is 0.00231. The summed E-state index contributed by atoms with van der Waals surface area (Å²) < 4.78 is 0. The molecular formula is C15H20N2O2. The van der Waals surface area contributed by atoms with Crippen LogP contribution in [0.3, 0.4) is 0 Å². The molecule has 0 aliphatic carbocycles. The van der Waals surface area contributed by atoms with Crippen molar-refractivity contribution in [2.45, 2.75) is 18.9 Å². The third kappa shape index (κ3) is 2.96. The quantitative estimate of drug-likeness (QED) is 0.898. The molecule has 0 bridgehead atoms. The molecule has 1 amide bonds. The average Bonchev–Trinajstić information content (AvgIpc) is 2.87. The second-order valence-electron chi connectivity index (χ2n) is 4.94. The minimum Gasteiger partial charge on any atom is -0.396 e. The van der Waals surface area contributed by atoms with Crippen molar-refractivity contribution in [1.29, 1.82) is 0 Å². The Hall–Kier alpha value is -1.81. The molecule has 0 saturated heterocycles. The summed E-state index contributed by atoms with van der Waals surface area (Å²) in [5, 5.41) is 9.02. The van der Waals surface area contributed by atoms with E-state index >= 15 is 0 Å². The van der Waals surface area contributed by atoms with Crippen LogP contribution in [-0.4, -0.2) is 42.7 Å². The van der Waals surface area contributed by atoms with Gasteiger partial charge in [-0.2, -0.15) is 0 Å². The maximum absolute atomic E-state index is 12.4. The highest BCUT2D eigenvalue weighted by atomic mass is 16.3. The first-order valence-corrected chi connectivity index (χ1v) is 6.51. The third-order valence-electron chi connectivity index (χ3n) is 3.40. The number of amides is 1. The Labute approximate surface area is 113 Å². The van der Waals surface area contributed by atoms with Crippen LogP contribution < -0.4 is 4.90 Å². The van der Waals surface area contributed by atoms with E-state index in [4.69, 9.17) is 5.11 Å². The van der Waals surface area contributed by atoms with E-state index in [-0.39, 0.29) is 18.6 Å². The number of anilines is 1. The molecule has 1 heterocycles. The van der Waals surface area contributed by atoms with E-state index in [1.807, 2.05) is 55.5 Å². The lowest BCUT2D eigenvalue weighted by molar-refractivity contribution is 0.0767. The van der Waals surface area contributed by atoms with Gasteiger partial charge in [-0.05, 0) is 37.1 Å². The molecule has 0 fully saturated rings. The molecule has 1 aromatic carbocycles. The molecule has 102 valence electrons. The molecule has 0 spiro atoms. The maximum atomic E-state index is 12.4. The Morgan fingerprint density at radius 1 is 1.37 bits per heavy atom. The van der Waals surface area contributed by atoms with E-state index < -0.39 is 0 Å². The van der Waals surface area contributed by atoms with Gasteiger partial charge in [-0.15, -0.1) is 0 Å². The number of hydrogen-bond donors (Lipinski definition) is 1. The molecule has 19 heavy (non-hydrogen) atoms. The zero-order chi connectivity index (χ0) is 13.8. The van der Waals surface area contributed by atoms with E-state index in [1.165, 1.54) is 0 Å². The van der Waals surface area contributed by atoms with Crippen molar-refractivity contribution in [3.63, 3.8) is 0 Å². The Balaban J connectivity index is 2.12. The fourth-order valence-corrected chi connectivity index (χ4v) is 2.26. The first-order chi connectivity index (χ1) is 9.13. The van der Waals surface area contributed by atoms with E-state index in [2.05, 4.69) is 0 Å². The van der Waals surface area contributed by atoms with Crippen molar-refractivity contribution in [3.05, 3.63) is 42.1 Å². The van der Waals surface area contributed by atoms with Gasteiger partial charge in [0.05, 0.1) is 0 Å². The molecule has 1 N–H and O–H groups in total. The lowest BCUT2D eigenvalue weighted by Gasteiger charge is -2.23. The molecule has 2 rings (SSSR count). The number of carbonyl (C=O) groups is 1. The highest BCUT2D eigenvalue weighted by Crippen LogP contribution is 2.21. The number of nitrogens with zero attached hydrogens (tertiary/aromatic N) is 2. The summed E-state index contributed by atoms with van der Waals surface area (Å²) in [6.07, 6.45) is 5.24. The van der Waals surface area contributed by atoms with Gasteiger partial charge in [0.25, 0.3) is 5.91 Å². The molecule has 4 heteroatoms. The van der Waals surface area contributed by atoms with Crippen LogP contribution in [0.5, 0.6) is 0 Å². The Kier molecular flexibility index (Phi) is 4.22. The lowest BCUT2D eigenvalue weighted by atomic mass is 10.1. The molecule has 0 aromatic heterocycles. The number of rotatable bonds is 4. The van der Waals surface area contributed by atoms with Crippen LogP contribution in [0.1, 0.15) is 23.2 Å². The van der Waals surface area contributed by atoms with Crippen LogP contribution in [0.2, 0.25) is 0 Å². The SMILES string of the molecule is CN(C)c1ccc(C(=O)N2C=CCC2CCO)cc1. The summed E-state index contributed by atoms with van der Waals surface area (Å²) in [6, 6.07) is 7.66. The Bertz CT molecular complexity index is 466. The number of carbonyl (C=O) groups excluding carboxylic acids is 1. The molecule has 4 nitrogen and oxygen atoms in total. The summed E-state index contributed by atoms with van der Waals surface area (Å²) in [7, 11) is 3.94. The van der Waals surface area contributed by atoms with Crippen LogP contribution in [0.4, 0.5) is 5.69 Å². The second kappa shape index (κ2) is 5.89. The van der Waals surface area contributed by atoms with Gasteiger partial charge in [-0.3, -0.25) is 4.79 Å². The van der Waals surface area contributed by atoms with Crippen molar-refractivity contribution < 1.29 is 9.90 Å².